The zero-order valence-electron chi connectivity index (χ0n) is 10.4. The van der Waals surface area contributed by atoms with Gasteiger partial charge in [0.25, 0.3) is 15.7 Å². The number of nitro benzene ring substituents is 1. The Morgan fingerprint density at radius 3 is 2.62 bits per heavy atom. The van der Waals surface area contributed by atoms with Gasteiger partial charge in [-0.25, -0.2) is 13.4 Å². The number of benzene rings is 1. The first-order valence-electron chi connectivity index (χ1n) is 5.48. The van der Waals surface area contributed by atoms with Crippen LogP contribution in [0.25, 0.3) is 0 Å². The molecule has 2 rings (SSSR count). The molecule has 11 heteroatoms. The molecule has 4 N–H and O–H groups in total. The van der Waals surface area contributed by atoms with Crippen molar-refractivity contribution in [2.75, 3.05) is 10.1 Å². The highest BCUT2D eigenvalue weighted by Crippen LogP contribution is 2.27. The van der Waals surface area contributed by atoms with Crippen LogP contribution in [0.15, 0.2) is 41.7 Å². The summed E-state index contributed by atoms with van der Waals surface area (Å²) in [5.74, 6) is 5.13. The number of rotatable bonds is 5. The van der Waals surface area contributed by atoms with Crippen LogP contribution >= 0.6 is 0 Å². The average molecular weight is 310 g/mol. The zero-order chi connectivity index (χ0) is 15.5. The van der Waals surface area contributed by atoms with E-state index in [1.807, 2.05) is 0 Å². The van der Waals surface area contributed by atoms with Gasteiger partial charge >= 0.3 is 0 Å². The number of nitrogens with two attached hydrogens (primary N) is 1. The summed E-state index contributed by atoms with van der Waals surface area (Å²) in [7, 11) is -4.21. The predicted molar refractivity (Wildman–Crippen MR) is 73.7 cm³/mol. The molecular formula is C10H10N6O4S. The molecule has 0 amide bonds. The first-order chi connectivity index (χ1) is 9.94. The SMILES string of the molecule is NNc1ccc([N+](=O)[O-])c(S(=O)(=O)Nc2cnccn2)c1. The second-order valence-corrected chi connectivity index (χ2v) is 5.43. The lowest BCUT2D eigenvalue weighted by molar-refractivity contribution is -0.387. The lowest BCUT2D eigenvalue weighted by Crippen LogP contribution is -2.16. The van der Waals surface area contributed by atoms with Crippen molar-refractivity contribution in [2.45, 2.75) is 4.90 Å². The van der Waals surface area contributed by atoms with Crippen LogP contribution in [-0.4, -0.2) is 23.3 Å². The van der Waals surface area contributed by atoms with Crippen LogP contribution in [0.1, 0.15) is 0 Å². The Morgan fingerprint density at radius 1 is 1.29 bits per heavy atom. The molecule has 0 radical (unpaired) electrons. The van der Waals surface area contributed by atoms with E-state index in [4.69, 9.17) is 5.84 Å². The first kappa shape index (κ1) is 14.6. The molecule has 1 aromatic carbocycles. The monoisotopic (exact) mass is 310 g/mol. The molecule has 2 aromatic rings. The van der Waals surface area contributed by atoms with E-state index < -0.39 is 25.5 Å². The van der Waals surface area contributed by atoms with Crippen molar-refractivity contribution in [3.63, 3.8) is 0 Å². The van der Waals surface area contributed by atoms with Crippen molar-refractivity contribution in [3.05, 3.63) is 46.9 Å². The number of nitro groups is 1. The minimum Gasteiger partial charge on any atom is -0.324 e. The summed E-state index contributed by atoms with van der Waals surface area (Å²) in [5, 5.41) is 11.0. The maximum Gasteiger partial charge on any atom is 0.290 e. The Kier molecular flexibility index (Phi) is 3.95. The molecule has 0 unspecified atom stereocenters. The predicted octanol–water partition coefficient (Wildman–Crippen LogP) is 0.471. The van der Waals surface area contributed by atoms with Crippen molar-refractivity contribution < 1.29 is 13.3 Å². The first-order valence-corrected chi connectivity index (χ1v) is 6.96. The quantitative estimate of drug-likeness (QED) is 0.409. The van der Waals surface area contributed by atoms with Gasteiger partial charge < -0.3 is 5.43 Å². The summed E-state index contributed by atoms with van der Waals surface area (Å²) in [6, 6.07) is 3.39. The van der Waals surface area contributed by atoms with Crippen LogP contribution in [0.4, 0.5) is 17.2 Å². The summed E-state index contributed by atoms with van der Waals surface area (Å²) in [6.07, 6.45) is 3.82. The van der Waals surface area contributed by atoms with Gasteiger partial charge in [0.05, 0.1) is 16.8 Å². The Bertz CT molecular complexity index is 764. The molecule has 0 spiro atoms. The van der Waals surface area contributed by atoms with E-state index >= 15 is 0 Å². The highest BCUT2D eigenvalue weighted by molar-refractivity contribution is 7.92. The summed E-state index contributed by atoms with van der Waals surface area (Å²) in [5.41, 5.74) is 1.86. The summed E-state index contributed by atoms with van der Waals surface area (Å²) < 4.78 is 26.6. The number of nitrogen functional groups attached to an aromatic ring is 1. The van der Waals surface area contributed by atoms with E-state index in [0.29, 0.717) is 0 Å². The number of aromatic nitrogens is 2. The van der Waals surface area contributed by atoms with Crippen molar-refractivity contribution >= 4 is 27.2 Å². The smallest absolute Gasteiger partial charge is 0.290 e. The highest BCUT2D eigenvalue weighted by atomic mass is 32.2. The summed E-state index contributed by atoms with van der Waals surface area (Å²) >= 11 is 0. The van der Waals surface area contributed by atoms with Gasteiger partial charge in [0.2, 0.25) is 0 Å². The van der Waals surface area contributed by atoms with Crippen LogP contribution in [0.5, 0.6) is 0 Å². The largest absolute Gasteiger partial charge is 0.324 e. The van der Waals surface area contributed by atoms with E-state index in [0.717, 1.165) is 12.1 Å². The fourth-order valence-corrected chi connectivity index (χ4v) is 2.71. The average Bonchev–Trinajstić information content (AvgIpc) is 2.47. The Morgan fingerprint density at radius 2 is 2.05 bits per heavy atom. The summed E-state index contributed by atoms with van der Waals surface area (Å²) in [6.45, 7) is 0. The second-order valence-electron chi connectivity index (χ2n) is 3.78. The van der Waals surface area contributed by atoms with Crippen molar-refractivity contribution in [1.82, 2.24) is 9.97 Å². The van der Waals surface area contributed by atoms with E-state index in [1.54, 1.807) is 0 Å². The Balaban J connectivity index is 2.50. The van der Waals surface area contributed by atoms with E-state index in [9.17, 15) is 18.5 Å². The number of hydrogen-bond donors (Lipinski definition) is 3. The number of hydrazine groups is 1. The fourth-order valence-electron chi connectivity index (χ4n) is 1.51. The van der Waals surface area contributed by atoms with Crippen LogP contribution in [0, 0.1) is 10.1 Å². The van der Waals surface area contributed by atoms with E-state index in [2.05, 4.69) is 20.1 Å². The molecule has 0 bridgehead atoms. The van der Waals surface area contributed by atoms with Gasteiger partial charge in [-0.2, -0.15) is 0 Å². The van der Waals surface area contributed by atoms with Crippen molar-refractivity contribution in [3.8, 4) is 0 Å². The lowest BCUT2D eigenvalue weighted by atomic mass is 10.3. The molecule has 0 aliphatic rings. The number of anilines is 2. The van der Waals surface area contributed by atoms with Crippen LogP contribution in [-0.2, 0) is 10.0 Å². The molecule has 21 heavy (non-hydrogen) atoms. The Labute approximate surface area is 119 Å². The highest BCUT2D eigenvalue weighted by Gasteiger charge is 2.26. The van der Waals surface area contributed by atoms with E-state index in [-0.39, 0.29) is 11.5 Å². The minimum atomic E-state index is -4.21. The number of hydrogen-bond acceptors (Lipinski definition) is 8. The van der Waals surface area contributed by atoms with Crippen LogP contribution in [0.2, 0.25) is 0 Å². The topological polar surface area (TPSA) is 153 Å². The summed E-state index contributed by atoms with van der Waals surface area (Å²) in [4.78, 5) is 17.1. The molecule has 0 saturated heterocycles. The standard InChI is InChI=1S/C10H10N6O4S/c11-14-7-1-2-8(16(17)18)9(5-7)21(19,20)15-10-6-12-3-4-13-10/h1-6,14H,11H2,(H,13,15). The maximum atomic E-state index is 12.2. The lowest BCUT2D eigenvalue weighted by Gasteiger charge is -2.09. The fraction of sp³-hybridized carbons (Fsp3) is 0. The van der Waals surface area contributed by atoms with Gasteiger partial charge in [0.15, 0.2) is 10.7 Å². The molecule has 1 aromatic heterocycles. The second kappa shape index (κ2) is 5.68. The van der Waals surface area contributed by atoms with Crippen LogP contribution < -0.4 is 16.0 Å². The van der Waals surface area contributed by atoms with Crippen molar-refractivity contribution in [2.24, 2.45) is 5.84 Å². The van der Waals surface area contributed by atoms with Gasteiger partial charge in [0, 0.05) is 18.5 Å². The minimum absolute atomic E-state index is 0.0575. The molecule has 0 aliphatic heterocycles. The molecule has 0 atom stereocenters. The molecule has 110 valence electrons. The van der Waals surface area contributed by atoms with Gasteiger partial charge in [-0.15, -0.1) is 0 Å². The Hall–Kier alpha value is -2.79. The number of nitrogens with zero attached hydrogens (tertiary/aromatic N) is 3. The molecule has 0 saturated carbocycles. The van der Waals surface area contributed by atoms with Gasteiger partial charge in [-0.1, -0.05) is 0 Å². The van der Waals surface area contributed by atoms with Gasteiger partial charge in [-0.3, -0.25) is 25.7 Å². The van der Waals surface area contributed by atoms with E-state index in [1.165, 1.54) is 24.7 Å². The molecule has 0 aliphatic carbocycles. The molecule has 1 heterocycles. The van der Waals surface area contributed by atoms with Crippen molar-refractivity contribution in [1.29, 1.82) is 0 Å². The van der Waals surface area contributed by atoms with Crippen LogP contribution in [0.3, 0.4) is 0 Å². The van der Waals surface area contributed by atoms with Gasteiger partial charge in [0.1, 0.15) is 0 Å². The molecular weight excluding hydrogens is 300 g/mol. The third-order valence-corrected chi connectivity index (χ3v) is 3.80. The molecule has 10 nitrogen and oxygen atoms in total. The zero-order valence-corrected chi connectivity index (χ0v) is 11.2. The number of sulfonamides is 1. The normalized spacial score (nSPS) is 10.9. The molecule has 0 fully saturated rings. The maximum absolute atomic E-state index is 12.2. The number of nitrogens with one attached hydrogen (secondary N) is 2. The third kappa shape index (κ3) is 3.21. The third-order valence-electron chi connectivity index (χ3n) is 2.41. The van der Waals surface area contributed by atoms with Gasteiger partial charge in [-0.05, 0) is 12.1 Å².